The molecule has 0 radical (unpaired) electrons. The minimum Gasteiger partial charge on any atom is -0.397 e. The molecule has 0 fully saturated rings. The maximum absolute atomic E-state index is 13.0. The lowest BCUT2D eigenvalue weighted by molar-refractivity contribution is -0.147. The fourth-order valence-electron chi connectivity index (χ4n) is 2.00. The molecule has 1 heterocycles. The summed E-state index contributed by atoms with van der Waals surface area (Å²) in [7, 11) is 0. The smallest absolute Gasteiger partial charge is 0.397 e. The second-order valence-electron chi connectivity index (χ2n) is 4.98. The van der Waals surface area contributed by atoms with Crippen LogP contribution in [0.25, 0.3) is 11.0 Å². The van der Waals surface area contributed by atoms with Gasteiger partial charge in [0.05, 0.1) is 11.2 Å². The number of aromatic nitrogens is 2. The maximum Gasteiger partial charge on any atom is 0.449 e. The molecule has 0 atom stereocenters. The topological polar surface area (TPSA) is 43.8 Å². The van der Waals surface area contributed by atoms with Gasteiger partial charge in [-0.15, -0.1) is 0 Å². The third kappa shape index (κ3) is 2.67. The number of aryl methyl sites for hydroxylation is 1. The molecule has 19 heavy (non-hydrogen) atoms. The summed E-state index contributed by atoms with van der Waals surface area (Å²) in [6.45, 7) is 4.23. The highest BCUT2D eigenvalue weighted by atomic mass is 19.4. The number of benzene rings is 1. The monoisotopic (exact) mass is 271 g/mol. The van der Waals surface area contributed by atoms with Crippen LogP contribution in [0.2, 0.25) is 0 Å². The molecule has 0 spiro atoms. The predicted molar refractivity (Wildman–Crippen MR) is 68.6 cm³/mol. The number of imidazole rings is 1. The van der Waals surface area contributed by atoms with Crippen molar-refractivity contribution in [2.75, 3.05) is 5.73 Å². The molecule has 1 aromatic heterocycles. The minimum absolute atomic E-state index is 0.221. The van der Waals surface area contributed by atoms with Gasteiger partial charge < -0.3 is 10.3 Å². The number of rotatable bonds is 3. The first-order valence-electron chi connectivity index (χ1n) is 6.12. The van der Waals surface area contributed by atoms with Crippen LogP contribution in [0, 0.1) is 5.92 Å². The van der Waals surface area contributed by atoms with E-state index < -0.39 is 12.0 Å². The van der Waals surface area contributed by atoms with E-state index in [9.17, 15) is 13.2 Å². The first-order valence-corrected chi connectivity index (χ1v) is 6.12. The molecule has 6 heteroatoms. The largest absolute Gasteiger partial charge is 0.449 e. The van der Waals surface area contributed by atoms with Gasteiger partial charge in [-0.3, -0.25) is 0 Å². The summed E-state index contributed by atoms with van der Waals surface area (Å²) in [6.07, 6.45) is -3.81. The number of fused-ring (bicyclic) bond motifs is 1. The van der Waals surface area contributed by atoms with Crippen LogP contribution in [-0.2, 0) is 12.7 Å². The Morgan fingerprint density at radius 3 is 2.58 bits per heavy atom. The van der Waals surface area contributed by atoms with E-state index in [1.165, 1.54) is 4.57 Å². The number of anilines is 1. The quantitative estimate of drug-likeness (QED) is 0.865. The van der Waals surface area contributed by atoms with Crippen LogP contribution in [0.5, 0.6) is 0 Å². The Kier molecular flexibility index (Phi) is 3.43. The van der Waals surface area contributed by atoms with Gasteiger partial charge in [-0.05, 0) is 24.5 Å². The van der Waals surface area contributed by atoms with Crippen LogP contribution in [-0.4, -0.2) is 9.55 Å². The lowest BCUT2D eigenvalue weighted by atomic mass is 10.1. The molecule has 2 rings (SSSR count). The zero-order chi connectivity index (χ0) is 14.2. The summed E-state index contributed by atoms with van der Waals surface area (Å²) in [4.78, 5) is 3.67. The SMILES string of the molecule is CC(C)CCn1c(C(F)(F)F)nc2c(N)cccc21. The fraction of sp³-hybridized carbons (Fsp3) is 0.462. The van der Waals surface area contributed by atoms with Crippen molar-refractivity contribution in [3.05, 3.63) is 24.0 Å². The first kappa shape index (κ1) is 13.7. The molecule has 0 amide bonds. The van der Waals surface area contributed by atoms with Gasteiger partial charge in [0.1, 0.15) is 5.52 Å². The molecule has 0 aliphatic carbocycles. The molecule has 0 unspecified atom stereocenters. The van der Waals surface area contributed by atoms with E-state index in [0.29, 0.717) is 17.9 Å². The van der Waals surface area contributed by atoms with Crippen molar-refractivity contribution in [3.63, 3.8) is 0 Å². The predicted octanol–water partition coefficient (Wildman–Crippen LogP) is 3.68. The molecular weight excluding hydrogens is 255 g/mol. The summed E-state index contributed by atoms with van der Waals surface area (Å²) in [5.41, 5.74) is 6.62. The maximum atomic E-state index is 13.0. The van der Waals surface area contributed by atoms with Gasteiger partial charge >= 0.3 is 6.18 Å². The Hall–Kier alpha value is -1.72. The molecule has 0 saturated heterocycles. The van der Waals surface area contributed by atoms with Crippen LogP contribution >= 0.6 is 0 Å². The van der Waals surface area contributed by atoms with Crippen LogP contribution in [0.3, 0.4) is 0 Å². The van der Waals surface area contributed by atoms with Crippen LogP contribution in [0.15, 0.2) is 18.2 Å². The number of para-hydroxylation sites is 1. The fourth-order valence-corrected chi connectivity index (χ4v) is 2.00. The van der Waals surface area contributed by atoms with Gasteiger partial charge in [-0.2, -0.15) is 13.2 Å². The van der Waals surface area contributed by atoms with E-state index >= 15 is 0 Å². The summed E-state index contributed by atoms with van der Waals surface area (Å²) >= 11 is 0. The zero-order valence-corrected chi connectivity index (χ0v) is 10.8. The highest BCUT2D eigenvalue weighted by molar-refractivity contribution is 5.87. The molecule has 0 saturated carbocycles. The number of hydrogen-bond acceptors (Lipinski definition) is 2. The summed E-state index contributed by atoms with van der Waals surface area (Å²) in [6, 6.07) is 4.82. The molecule has 104 valence electrons. The number of nitrogens with two attached hydrogens (primary N) is 1. The van der Waals surface area contributed by atoms with Gasteiger partial charge in [0, 0.05) is 6.54 Å². The first-order chi connectivity index (χ1) is 8.80. The van der Waals surface area contributed by atoms with E-state index in [2.05, 4.69) is 4.98 Å². The number of halogens is 3. The minimum atomic E-state index is -4.47. The van der Waals surface area contributed by atoms with Gasteiger partial charge in [0.25, 0.3) is 0 Å². The molecule has 3 nitrogen and oxygen atoms in total. The molecule has 0 aliphatic heterocycles. The Balaban J connectivity index is 2.59. The van der Waals surface area contributed by atoms with E-state index in [-0.39, 0.29) is 17.7 Å². The number of nitrogens with zero attached hydrogens (tertiary/aromatic N) is 2. The van der Waals surface area contributed by atoms with Crippen molar-refractivity contribution in [1.29, 1.82) is 0 Å². The Morgan fingerprint density at radius 2 is 2.00 bits per heavy atom. The number of hydrogen-bond donors (Lipinski definition) is 1. The van der Waals surface area contributed by atoms with Crippen LogP contribution < -0.4 is 5.73 Å². The Bertz CT molecular complexity index is 585. The highest BCUT2D eigenvalue weighted by Crippen LogP contribution is 2.33. The molecule has 2 N–H and O–H groups in total. The standard InChI is InChI=1S/C13H16F3N3/c1-8(2)6-7-19-10-5-3-4-9(17)11(10)18-12(19)13(14,15)16/h3-5,8H,6-7,17H2,1-2H3. The van der Waals surface area contributed by atoms with Gasteiger partial charge in [0.15, 0.2) is 0 Å². The second-order valence-corrected chi connectivity index (χ2v) is 4.98. The van der Waals surface area contributed by atoms with Crippen LogP contribution in [0.4, 0.5) is 18.9 Å². The molecule has 0 aliphatic rings. The van der Waals surface area contributed by atoms with Crippen molar-refractivity contribution in [2.45, 2.75) is 33.0 Å². The van der Waals surface area contributed by atoms with E-state index in [4.69, 9.17) is 5.73 Å². The lowest BCUT2D eigenvalue weighted by Crippen LogP contribution is -2.15. The summed E-state index contributed by atoms with van der Waals surface area (Å²) in [5, 5.41) is 0. The normalized spacial score (nSPS) is 12.5. The van der Waals surface area contributed by atoms with E-state index in [1.54, 1.807) is 18.2 Å². The van der Waals surface area contributed by atoms with E-state index in [1.807, 2.05) is 13.8 Å². The third-order valence-corrected chi connectivity index (χ3v) is 2.99. The summed E-state index contributed by atoms with van der Waals surface area (Å²) < 4.78 is 40.3. The average Bonchev–Trinajstić information content (AvgIpc) is 2.66. The van der Waals surface area contributed by atoms with Gasteiger partial charge in [-0.25, -0.2) is 4.98 Å². The van der Waals surface area contributed by atoms with Crippen molar-refractivity contribution >= 4 is 16.7 Å². The molecule has 1 aromatic carbocycles. The van der Waals surface area contributed by atoms with Gasteiger partial charge in [-0.1, -0.05) is 19.9 Å². The second kappa shape index (κ2) is 4.75. The summed E-state index contributed by atoms with van der Waals surface area (Å²) in [5.74, 6) is -0.555. The van der Waals surface area contributed by atoms with Crippen molar-refractivity contribution in [3.8, 4) is 0 Å². The Labute approximate surface area is 109 Å². The third-order valence-electron chi connectivity index (χ3n) is 2.99. The van der Waals surface area contributed by atoms with Crippen molar-refractivity contribution < 1.29 is 13.2 Å². The lowest BCUT2D eigenvalue weighted by Gasteiger charge is -2.12. The van der Waals surface area contributed by atoms with Crippen LogP contribution in [0.1, 0.15) is 26.1 Å². The van der Waals surface area contributed by atoms with Crippen molar-refractivity contribution in [1.82, 2.24) is 9.55 Å². The zero-order valence-electron chi connectivity index (χ0n) is 10.8. The molecular formula is C13H16F3N3. The molecule has 0 bridgehead atoms. The highest BCUT2D eigenvalue weighted by Gasteiger charge is 2.37. The van der Waals surface area contributed by atoms with Crippen molar-refractivity contribution in [2.24, 2.45) is 5.92 Å². The van der Waals surface area contributed by atoms with E-state index in [0.717, 1.165) is 0 Å². The number of alkyl halides is 3. The van der Waals surface area contributed by atoms with Gasteiger partial charge in [0.2, 0.25) is 5.82 Å². The molecule has 2 aromatic rings. The number of nitrogen functional groups attached to an aromatic ring is 1. The Morgan fingerprint density at radius 1 is 1.32 bits per heavy atom. The average molecular weight is 271 g/mol.